The number of nitrogens with zero attached hydrogens (tertiary/aromatic N) is 5. The van der Waals surface area contributed by atoms with E-state index < -0.39 is 47.3 Å². The number of hydrogen-bond acceptors (Lipinski definition) is 5. The maximum Gasteiger partial charge on any atom is 0.416 e. The Kier molecular flexibility index (Phi) is 6.12. The van der Waals surface area contributed by atoms with Gasteiger partial charge in [-0.1, -0.05) is 0 Å². The molecule has 1 N–H and O–H groups in total. The molecule has 0 radical (unpaired) electrons. The number of hydrogen-bond donors (Lipinski definition) is 1. The quantitative estimate of drug-likeness (QED) is 0.454. The highest BCUT2D eigenvalue weighted by atomic mass is 79.9. The molecule has 0 saturated heterocycles. The van der Waals surface area contributed by atoms with Crippen LogP contribution >= 0.6 is 15.9 Å². The maximum absolute atomic E-state index is 13.4. The molecule has 2 aromatic heterocycles. The fourth-order valence-electron chi connectivity index (χ4n) is 3.56. The van der Waals surface area contributed by atoms with Crippen molar-refractivity contribution in [3.8, 4) is 5.95 Å². The average Bonchev–Trinajstić information content (AvgIpc) is 3.49. The number of aromatic nitrogens is 5. The molecule has 1 aliphatic carbocycles. The molecule has 1 fully saturated rings. The van der Waals surface area contributed by atoms with Crippen LogP contribution in [0.1, 0.15) is 52.6 Å². The minimum absolute atomic E-state index is 0.144. The Morgan fingerprint density at radius 1 is 1.15 bits per heavy atom. The highest BCUT2D eigenvalue weighted by Gasteiger charge is 2.56. The van der Waals surface area contributed by atoms with E-state index in [1.165, 1.54) is 24.0 Å². The standard InChI is InChI=1S/C20H15BrF6N6O/c1-9(15-31-17(21)32-33(15)18-28-3-2-4-29-18)30-16(34)11-5-10(6-12(7-11)19(22,23)24)13-8-14(13)20(25,26)27/h2-7,9,13-14H,8H2,1H3,(H,30,34). The minimum atomic E-state index is -4.84. The number of halogens is 7. The first kappa shape index (κ1) is 24.1. The van der Waals surface area contributed by atoms with E-state index in [1.54, 1.807) is 6.07 Å². The summed E-state index contributed by atoms with van der Waals surface area (Å²) in [6, 6.07) is 3.05. The van der Waals surface area contributed by atoms with Crippen LogP contribution in [0.2, 0.25) is 0 Å². The predicted octanol–water partition coefficient (Wildman–Crippen LogP) is 5.00. The smallest absolute Gasteiger partial charge is 0.342 e. The molecule has 1 aromatic carbocycles. The summed E-state index contributed by atoms with van der Waals surface area (Å²) in [6.07, 6.45) is -6.76. The van der Waals surface area contributed by atoms with Crippen molar-refractivity contribution in [2.45, 2.75) is 37.7 Å². The number of benzene rings is 1. The van der Waals surface area contributed by atoms with Crippen molar-refractivity contribution in [3.05, 3.63) is 63.9 Å². The molecule has 0 spiro atoms. The summed E-state index contributed by atoms with van der Waals surface area (Å²) in [7, 11) is 0. The Balaban J connectivity index is 1.62. The van der Waals surface area contributed by atoms with E-state index in [0.717, 1.165) is 6.07 Å². The fraction of sp³-hybridized carbons (Fsp3) is 0.350. The van der Waals surface area contributed by atoms with Crippen molar-refractivity contribution >= 4 is 21.8 Å². The highest BCUT2D eigenvalue weighted by molar-refractivity contribution is 9.10. The SMILES string of the molecule is CC(NC(=O)c1cc(C2CC2C(F)(F)F)cc(C(F)(F)F)c1)c1nc(Br)nn1-c1ncccn1. The maximum atomic E-state index is 13.4. The fourth-order valence-corrected chi connectivity index (χ4v) is 3.90. The van der Waals surface area contributed by atoms with Gasteiger partial charge in [0.1, 0.15) is 0 Å². The molecule has 3 aromatic rings. The van der Waals surface area contributed by atoms with Crippen LogP contribution in [-0.4, -0.2) is 36.8 Å². The zero-order valence-corrected chi connectivity index (χ0v) is 18.8. The molecule has 3 unspecified atom stereocenters. The molecule has 1 amide bonds. The minimum Gasteiger partial charge on any atom is -0.342 e. The van der Waals surface area contributed by atoms with Crippen LogP contribution in [0.4, 0.5) is 26.3 Å². The van der Waals surface area contributed by atoms with Crippen molar-refractivity contribution < 1.29 is 31.1 Å². The third-order valence-corrected chi connectivity index (χ3v) is 5.60. The van der Waals surface area contributed by atoms with Gasteiger partial charge in [0.25, 0.3) is 11.9 Å². The Labute approximate surface area is 196 Å². The zero-order chi connectivity index (χ0) is 24.8. The predicted molar refractivity (Wildman–Crippen MR) is 109 cm³/mol. The first-order valence-electron chi connectivity index (χ1n) is 9.84. The second kappa shape index (κ2) is 8.64. The summed E-state index contributed by atoms with van der Waals surface area (Å²) in [4.78, 5) is 25.1. The van der Waals surface area contributed by atoms with Gasteiger partial charge in [-0.3, -0.25) is 4.79 Å². The first-order chi connectivity index (χ1) is 15.8. The summed E-state index contributed by atoms with van der Waals surface area (Å²) in [6.45, 7) is 1.52. The zero-order valence-electron chi connectivity index (χ0n) is 17.2. The van der Waals surface area contributed by atoms with Gasteiger partial charge in [-0.05, 0) is 65.0 Å². The number of carbonyl (C=O) groups is 1. The van der Waals surface area contributed by atoms with E-state index in [9.17, 15) is 31.1 Å². The molecule has 1 saturated carbocycles. The van der Waals surface area contributed by atoms with E-state index in [0.29, 0.717) is 12.1 Å². The van der Waals surface area contributed by atoms with Gasteiger partial charge in [-0.15, -0.1) is 5.10 Å². The molecule has 180 valence electrons. The van der Waals surface area contributed by atoms with E-state index in [2.05, 4.69) is 41.3 Å². The van der Waals surface area contributed by atoms with E-state index in [-0.39, 0.29) is 28.5 Å². The lowest BCUT2D eigenvalue weighted by molar-refractivity contribution is -0.148. The van der Waals surface area contributed by atoms with Crippen molar-refractivity contribution in [1.29, 1.82) is 0 Å². The lowest BCUT2D eigenvalue weighted by Gasteiger charge is -2.16. The van der Waals surface area contributed by atoms with Crippen LogP contribution in [0, 0.1) is 5.92 Å². The van der Waals surface area contributed by atoms with Gasteiger partial charge in [0.2, 0.25) is 4.73 Å². The second-order valence-corrected chi connectivity index (χ2v) is 8.44. The molecular formula is C20H15BrF6N6O. The Morgan fingerprint density at radius 3 is 2.41 bits per heavy atom. The third kappa shape index (κ3) is 5.05. The summed E-state index contributed by atoms with van der Waals surface area (Å²) < 4.78 is 80.5. The van der Waals surface area contributed by atoms with E-state index in [4.69, 9.17) is 0 Å². The number of carbonyl (C=O) groups excluding carboxylic acids is 1. The second-order valence-electron chi connectivity index (χ2n) is 7.73. The summed E-state index contributed by atoms with van der Waals surface area (Å²) in [5.41, 5.74) is -1.79. The van der Waals surface area contributed by atoms with Crippen molar-refractivity contribution in [1.82, 2.24) is 30.0 Å². The molecule has 0 bridgehead atoms. The molecule has 1 aliphatic rings. The monoisotopic (exact) mass is 548 g/mol. The lowest BCUT2D eigenvalue weighted by Crippen LogP contribution is -2.29. The molecule has 2 heterocycles. The molecule has 3 atom stereocenters. The van der Waals surface area contributed by atoms with Crippen LogP contribution in [0.25, 0.3) is 5.95 Å². The van der Waals surface area contributed by atoms with E-state index >= 15 is 0 Å². The topological polar surface area (TPSA) is 85.6 Å². The Bertz CT molecular complexity index is 1210. The summed E-state index contributed by atoms with van der Waals surface area (Å²) in [5, 5.41) is 6.61. The molecule has 14 heteroatoms. The molecule has 7 nitrogen and oxygen atoms in total. The van der Waals surface area contributed by atoms with Crippen molar-refractivity contribution in [3.63, 3.8) is 0 Å². The van der Waals surface area contributed by atoms with Gasteiger partial charge in [-0.2, -0.15) is 31.0 Å². The van der Waals surface area contributed by atoms with E-state index in [1.807, 2.05) is 0 Å². The number of alkyl halides is 6. The highest BCUT2D eigenvalue weighted by Crippen LogP contribution is 2.56. The Morgan fingerprint density at radius 2 is 1.82 bits per heavy atom. The lowest BCUT2D eigenvalue weighted by atomic mass is 10.0. The van der Waals surface area contributed by atoms with Crippen LogP contribution in [0.5, 0.6) is 0 Å². The third-order valence-electron chi connectivity index (χ3n) is 5.27. The van der Waals surface area contributed by atoms with Crippen molar-refractivity contribution in [2.24, 2.45) is 5.92 Å². The van der Waals surface area contributed by atoms with Gasteiger partial charge in [0.05, 0.1) is 17.5 Å². The van der Waals surface area contributed by atoms with Crippen molar-refractivity contribution in [2.75, 3.05) is 0 Å². The largest absolute Gasteiger partial charge is 0.416 e. The summed E-state index contributed by atoms with van der Waals surface area (Å²) >= 11 is 3.12. The average molecular weight is 549 g/mol. The van der Waals surface area contributed by atoms with Crippen LogP contribution in [0.15, 0.2) is 41.4 Å². The molecule has 0 aliphatic heterocycles. The number of nitrogens with one attached hydrogen (secondary N) is 1. The number of rotatable bonds is 5. The van der Waals surface area contributed by atoms with Crippen LogP contribution < -0.4 is 5.32 Å². The first-order valence-corrected chi connectivity index (χ1v) is 10.6. The Hall–Kier alpha value is -3.03. The van der Waals surface area contributed by atoms with Crippen LogP contribution in [0.3, 0.4) is 0 Å². The molecule has 34 heavy (non-hydrogen) atoms. The number of amides is 1. The van der Waals surface area contributed by atoms with Gasteiger partial charge < -0.3 is 5.32 Å². The van der Waals surface area contributed by atoms with Crippen LogP contribution in [-0.2, 0) is 6.18 Å². The van der Waals surface area contributed by atoms with Gasteiger partial charge >= 0.3 is 12.4 Å². The van der Waals surface area contributed by atoms with Gasteiger partial charge in [-0.25, -0.2) is 15.0 Å². The van der Waals surface area contributed by atoms with Gasteiger partial charge in [0, 0.05) is 18.0 Å². The normalized spacial score (nSPS) is 19.1. The van der Waals surface area contributed by atoms with Gasteiger partial charge in [0.15, 0.2) is 5.82 Å². The summed E-state index contributed by atoms with van der Waals surface area (Å²) in [5.74, 6) is -3.44. The molecule has 4 rings (SSSR count). The molecular weight excluding hydrogens is 534 g/mol.